The molecule has 3 aromatic rings. The number of hydrogen-bond acceptors (Lipinski definition) is 5. The number of aromatic nitrogens is 3. The number of fused-ring (bicyclic) bond motifs is 1. The number of hydrogen-bond donors (Lipinski definition) is 0. The number of carbonyl (C=O) groups excluding carboxylic acids is 1. The fourth-order valence-corrected chi connectivity index (χ4v) is 3.58. The smallest absolute Gasteiger partial charge is 0.446 e. The van der Waals surface area contributed by atoms with Crippen molar-refractivity contribution in [2.45, 2.75) is 24.3 Å². The Hall–Kier alpha value is -2.07. The first-order valence-electron chi connectivity index (χ1n) is 8.17. The molecule has 0 bridgehead atoms. The zero-order chi connectivity index (χ0) is 20.6. The first kappa shape index (κ1) is 20.7. The molecule has 0 spiro atoms. The molecule has 0 fully saturated rings. The molecule has 28 heavy (non-hydrogen) atoms. The van der Waals surface area contributed by atoms with Crippen LogP contribution in [0.2, 0.25) is 0 Å². The summed E-state index contributed by atoms with van der Waals surface area (Å²) >= 11 is 3.15. The van der Waals surface area contributed by atoms with Crippen LogP contribution in [0.1, 0.15) is 22.8 Å². The van der Waals surface area contributed by atoms with Crippen LogP contribution in [0.15, 0.2) is 33.8 Å². The molecule has 1 aromatic carbocycles. The van der Waals surface area contributed by atoms with Gasteiger partial charge in [-0.3, -0.25) is 0 Å². The number of esters is 1. The number of carbonyl (C=O) groups is 1. The molecule has 0 radical (unpaired) electrons. The molecule has 0 N–H and O–H groups in total. The Kier molecular flexibility index (Phi) is 5.72. The molecule has 0 saturated carbocycles. The van der Waals surface area contributed by atoms with Crippen molar-refractivity contribution in [1.29, 1.82) is 0 Å². The molecule has 148 valence electrons. The van der Waals surface area contributed by atoms with E-state index in [0.29, 0.717) is 27.2 Å². The van der Waals surface area contributed by atoms with Gasteiger partial charge in [0.25, 0.3) is 0 Å². The molecule has 0 saturated heterocycles. The second-order valence-corrected chi connectivity index (χ2v) is 7.80. The number of rotatable bonds is 4. The van der Waals surface area contributed by atoms with Crippen molar-refractivity contribution < 1.29 is 22.7 Å². The van der Waals surface area contributed by atoms with Crippen LogP contribution < -0.4 is 0 Å². The molecule has 0 atom stereocenters. The predicted octanol–water partition coefficient (Wildman–Crippen LogP) is 5.49. The largest absolute Gasteiger partial charge is 0.462 e. The van der Waals surface area contributed by atoms with Gasteiger partial charge in [0, 0.05) is 11.9 Å². The lowest BCUT2D eigenvalue weighted by atomic mass is 10.1. The molecular weight excluding hydrogens is 459 g/mol. The third kappa shape index (κ3) is 4.17. The lowest BCUT2D eigenvalue weighted by molar-refractivity contribution is -0.0328. The van der Waals surface area contributed by atoms with Crippen molar-refractivity contribution in [3.05, 3.63) is 40.0 Å². The first-order chi connectivity index (χ1) is 13.1. The molecule has 10 heteroatoms. The Morgan fingerprint density at radius 3 is 2.64 bits per heavy atom. The number of pyridine rings is 1. The number of aryl methyl sites for hydroxylation is 2. The van der Waals surface area contributed by atoms with Crippen LogP contribution in [-0.4, -0.2) is 32.6 Å². The standard InChI is InChI=1S/C18H15BrF3N3O2S/c1-4-27-17(26)11-7-9(2)15(19)24-14(11)16-23-12-8-10(28-18(20,21)22)5-6-13(12)25(16)3/h5-8H,4H2,1-3H3. The Bertz CT molecular complexity index is 1070. The summed E-state index contributed by atoms with van der Waals surface area (Å²) in [5.74, 6) is -0.186. The molecule has 0 aliphatic carbocycles. The van der Waals surface area contributed by atoms with Crippen molar-refractivity contribution in [2.24, 2.45) is 7.05 Å². The Morgan fingerprint density at radius 1 is 1.29 bits per heavy atom. The molecule has 0 unspecified atom stereocenters. The summed E-state index contributed by atoms with van der Waals surface area (Å²) in [6.45, 7) is 3.69. The van der Waals surface area contributed by atoms with Crippen molar-refractivity contribution >= 4 is 44.7 Å². The van der Waals surface area contributed by atoms with Gasteiger partial charge >= 0.3 is 11.5 Å². The molecule has 2 aromatic heterocycles. The fourth-order valence-electron chi connectivity index (χ4n) is 2.71. The summed E-state index contributed by atoms with van der Waals surface area (Å²) in [7, 11) is 1.71. The van der Waals surface area contributed by atoms with E-state index in [-0.39, 0.29) is 28.8 Å². The molecule has 2 heterocycles. The van der Waals surface area contributed by atoms with Crippen molar-refractivity contribution in [3.8, 4) is 11.5 Å². The van der Waals surface area contributed by atoms with Crippen molar-refractivity contribution in [3.63, 3.8) is 0 Å². The average Bonchev–Trinajstić information content (AvgIpc) is 2.91. The first-order valence-corrected chi connectivity index (χ1v) is 9.78. The van der Waals surface area contributed by atoms with E-state index < -0.39 is 11.5 Å². The third-order valence-electron chi connectivity index (χ3n) is 3.94. The zero-order valence-corrected chi connectivity index (χ0v) is 17.5. The van der Waals surface area contributed by atoms with E-state index in [1.165, 1.54) is 12.1 Å². The molecule has 0 amide bonds. The number of nitrogens with zero attached hydrogens (tertiary/aromatic N) is 3. The van der Waals surface area contributed by atoms with Crippen molar-refractivity contribution in [2.75, 3.05) is 6.61 Å². The summed E-state index contributed by atoms with van der Waals surface area (Å²) in [6.07, 6.45) is 0. The van der Waals surface area contributed by atoms with Gasteiger partial charge in [-0.1, -0.05) is 0 Å². The number of thioether (sulfide) groups is 1. The Labute approximate surface area is 171 Å². The lowest BCUT2D eigenvalue weighted by Gasteiger charge is -2.10. The molecular formula is C18H15BrF3N3O2S. The summed E-state index contributed by atoms with van der Waals surface area (Å²) in [4.78, 5) is 21.3. The average molecular weight is 474 g/mol. The van der Waals surface area contributed by atoms with Gasteiger partial charge in [-0.05, 0) is 71.4 Å². The van der Waals surface area contributed by atoms with Crippen LogP contribution in [0.5, 0.6) is 0 Å². The molecule has 0 aliphatic heterocycles. The highest BCUT2D eigenvalue weighted by atomic mass is 79.9. The topological polar surface area (TPSA) is 57.0 Å². The summed E-state index contributed by atoms with van der Waals surface area (Å²) in [5, 5.41) is 0. The minimum atomic E-state index is -4.38. The number of ether oxygens (including phenoxy) is 1. The maximum absolute atomic E-state index is 12.7. The SMILES string of the molecule is CCOC(=O)c1cc(C)c(Br)nc1-c1nc2cc(SC(F)(F)F)ccc2n1C. The van der Waals surface area contributed by atoms with Crippen LogP contribution in [0, 0.1) is 6.92 Å². The van der Waals surface area contributed by atoms with Crippen LogP contribution in [-0.2, 0) is 11.8 Å². The van der Waals surface area contributed by atoms with Crippen LogP contribution in [0.3, 0.4) is 0 Å². The molecule has 3 rings (SSSR count). The summed E-state index contributed by atoms with van der Waals surface area (Å²) in [5.41, 5.74) is -2.11. The van der Waals surface area contributed by atoms with Crippen LogP contribution >= 0.6 is 27.7 Å². The maximum Gasteiger partial charge on any atom is 0.446 e. The van der Waals surface area contributed by atoms with E-state index in [2.05, 4.69) is 25.9 Å². The van der Waals surface area contributed by atoms with Crippen LogP contribution in [0.4, 0.5) is 13.2 Å². The van der Waals surface area contributed by atoms with E-state index in [0.717, 1.165) is 5.56 Å². The Balaban J connectivity index is 2.17. The van der Waals surface area contributed by atoms with E-state index >= 15 is 0 Å². The number of benzene rings is 1. The van der Waals surface area contributed by atoms with Gasteiger partial charge in [0.15, 0.2) is 5.82 Å². The maximum atomic E-state index is 12.7. The minimum absolute atomic E-state index is 0.0355. The van der Waals surface area contributed by atoms with Gasteiger partial charge in [-0.15, -0.1) is 0 Å². The van der Waals surface area contributed by atoms with Gasteiger partial charge < -0.3 is 9.30 Å². The third-order valence-corrected chi connectivity index (χ3v) is 5.47. The second kappa shape index (κ2) is 7.75. The van der Waals surface area contributed by atoms with Gasteiger partial charge in [0.1, 0.15) is 10.3 Å². The van der Waals surface area contributed by atoms with Gasteiger partial charge in [0.2, 0.25) is 0 Å². The fraction of sp³-hybridized carbons (Fsp3) is 0.278. The number of imidazole rings is 1. The van der Waals surface area contributed by atoms with Crippen molar-refractivity contribution in [1.82, 2.24) is 14.5 Å². The van der Waals surface area contributed by atoms with E-state index in [9.17, 15) is 18.0 Å². The summed E-state index contributed by atoms with van der Waals surface area (Å²) < 4.78 is 45.3. The predicted molar refractivity (Wildman–Crippen MR) is 104 cm³/mol. The lowest BCUT2D eigenvalue weighted by Crippen LogP contribution is -2.10. The Morgan fingerprint density at radius 2 is 2.00 bits per heavy atom. The highest BCUT2D eigenvalue weighted by molar-refractivity contribution is 9.10. The summed E-state index contributed by atoms with van der Waals surface area (Å²) in [6, 6.07) is 5.96. The molecule has 5 nitrogen and oxygen atoms in total. The van der Waals surface area contributed by atoms with Crippen LogP contribution in [0.25, 0.3) is 22.6 Å². The quantitative estimate of drug-likeness (QED) is 0.284. The minimum Gasteiger partial charge on any atom is -0.462 e. The van der Waals surface area contributed by atoms with Gasteiger partial charge in [-0.25, -0.2) is 14.8 Å². The highest BCUT2D eigenvalue weighted by Gasteiger charge is 2.29. The number of alkyl halides is 3. The highest BCUT2D eigenvalue weighted by Crippen LogP contribution is 2.38. The zero-order valence-electron chi connectivity index (χ0n) is 15.1. The monoisotopic (exact) mass is 473 g/mol. The number of halogens is 4. The van der Waals surface area contributed by atoms with Gasteiger partial charge in [0.05, 0.1) is 23.2 Å². The second-order valence-electron chi connectivity index (χ2n) is 5.91. The van der Waals surface area contributed by atoms with Gasteiger partial charge in [-0.2, -0.15) is 13.2 Å². The van der Waals surface area contributed by atoms with E-state index in [4.69, 9.17) is 4.74 Å². The normalized spacial score (nSPS) is 11.8. The van der Waals surface area contributed by atoms with E-state index in [1.807, 2.05) is 0 Å². The molecule has 0 aliphatic rings. The van der Waals surface area contributed by atoms with E-state index in [1.54, 1.807) is 37.6 Å².